The third-order valence-electron chi connectivity index (χ3n) is 4.34. The number of benzene rings is 1. The lowest BCUT2D eigenvalue weighted by Gasteiger charge is -2.16. The van der Waals surface area contributed by atoms with Gasteiger partial charge in [-0.25, -0.2) is 9.78 Å². The van der Waals surface area contributed by atoms with Gasteiger partial charge in [-0.1, -0.05) is 37.6 Å². The van der Waals surface area contributed by atoms with E-state index in [2.05, 4.69) is 18.8 Å². The summed E-state index contributed by atoms with van der Waals surface area (Å²) in [5.41, 5.74) is 1.80. The number of aryl methyl sites for hydroxylation is 1. The average molecular weight is 390 g/mol. The zero-order chi connectivity index (χ0) is 19.0. The van der Waals surface area contributed by atoms with Crippen molar-refractivity contribution < 1.29 is 0 Å². The van der Waals surface area contributed by atoms with Gasteiger partial charge in [0.15, 0.2) is 0 Å². The minimum atomic E-state index is -0.377. The van der Waals surface area contributed by atoms with Crippen LogP contribution in [0.25, 0.3) is 11.0 Å². The SMILES string of the molecule is CC(C)c1cnc2c(c1SCc1cccc(Cl)c1)c(=O)n(C)c(=O)n2C. The van der Waals surface area contributed by atoms with Crippen LogP contribution < -0.4 is 11.2 Å². The largest absolute Gasteiger partial charge is 0.332 e. The lowest BCUT2D eigenvalue weighted by atomic mass is 10.0. The summed E-state index contributed by atoms with van der Waals surface area (Å²) in [4.78, 5) is 30.3. The zero-order valence-corrected chi connectivity index (χ0v) is 16.7. The number of nitrogens with zero attached hydrogens (tertiary/aromatic N) is 3. The fraction of sp³-hybridized carbons (Fsp3) is 0.316. The number of hydrogen-bond donors (Lipinski definition) is 0. The van der Waals surface area contributed by atoms with Crippen LogP contribution in [-0.2, 0) is 19.8 Å². The minimum Gasteiger partial charge on any atom is -0.280 e. The molecule has 0 aliphatic heterocycles. The van der Waals surface area contributed by atoms with E-state index in [1.165, 1.54) is 11.6 Å². The molecular formula is C19H20ClN3O2S. The van der Waals surface area contributed by atoms with Crippen molar-refractivity contribution in [3.05, 3.63) is 67.4 Å². The molecule has 7 heteroatoms. The van der Waals surface area contributed by atoms with Gasteiger partial charge >= 0.3 is 5.69 Å². The van der Waals surface area contributed by atoms with Gasteiger partial charge in [-0.2, -0.15) is 0 Å². The second kappa shape index (κ2) is 7.29. The molecule has 0 unspecified atom stereocenters. The van der Waals surface area contributed by atoms with Gasteiger partial charge < -0.3 is 0 Å². The summed E-state index contributed by atoms with van der Waals surface area (Å²) in [5, 5.41) is 1.18. The van der Waals surface area contributed by atoms with Crippen molar-refractivity contribution in [2.45, 2.75) is 30.4 Å². The quantitative estimate of drug-likeness (QED) is 0.638. The van der Waals surface area contributed by atoms with Gasteiger partial charge in [-0.3, -0.25) is 13.9 Å². The Morgan fingerprint density at radius 3 is 2.58 bits per heavy atom. The van der Waals surface area contributed by atoms with Crippen molar-refractivity contribution in [1.29, 1.82) is 0 Å². The molecule has 0 spiro atoms. The first-order valence-corrected chi connectivity index (χ1v) is 9.63. The van der Waals surface area contributed by atoms with E-state index in [0.29, 0.717) is 21.8 Å². The molecule has 3 rings (SSSR count). The molecule has 0 aliphatic rings. The van der Waals surface area contributed by atoms with E-state index in [-0.39, 0.29) is 17.2 Å². The highest BCUT2D eigenvalue weighted by Crippen LogP contribution is 2.34. The van der Waals surface area contributed by atoms with E-state index in [4.69, 9.17) is 11.6 Å². The molecule has 0 saturated heterocycles. The van der Waals surface area contributed by atoms with Crippen molar-refractivity contribution >= 4 is 34.4 Å². The molecule has 2 heterocycles. The Bertz CT molecular complexity index is 1100. The highest BCUT2D eigenvalue weighted by atomic mass is 35.5. The lowest BCUT2D eigenvalue weighted by molar-refractivity contribution is 0.703. The Hall–Kier alpha value is -2.05. The third-order valence-corrected chi connectivity index (χ3v) is 5.78. The number of hydrogen-bond acceptors (Lipinski definition) is 4. The van der Waals surface area contributed by atoms with Crippen molar-refractivity contribution in [1.82, 2.24) is 14.1 Å². The van der Waals surface area contributed by atoms with Crippen LogP contribution in [-0.4, -0.2) is 14.1 Å². The van der Waals surface area contributed by atoms with E-state index in [1.54, 1.807) is 25.0 Å². The van der Waals surface area contributed by atoms with Gasteiger partial charge in [0.1, 0.15) is 5.65 Å². The van der Waals surface area contributed by atoms with Gasteiger partial charge in [0.2, 0.25) is 0 Å². The first-order chi connectivity index (χ1) is 12.3. The molecule has 3 aromatic rings. The highest BCUT2D eigenvalue weighted by Gasteiger charge is 2.19. The summed E-state index contributed by atoms with van der Waals surface area (Å²) in [6, 6.07) is 7.67. The Kier molecular flexibility index (Phi) is 5.25. The van der Waals surface area contributed by atoms with Crippen LogP contribution in [0, 0.1) is 0 Å². The summed E-state index contributed by atoms with van der Waals surface area (Å²) in [6.07, 6.45) is 1.77. The predicted molar refractivity (Wildman–Crippen MR) is 107 cm³/mol. The van der Waals surface area contributed by atoms with Gasteiger partial charge in [0.25, 0.3) is 5.56 Å². The number of thioether (sulfide) groups is 1. The summed E-state index contributed by atoms with van der Waals surface area (Å²) >= 11 is 7.65. The number of fused-ring (bicyclic) bond motifs is 1. The Labute approximate surface area is 160 Å². The fourth-order valence-corrected chi connectivity index (χ4v) is 4.35. The molecule has 5 nitrogen and oxygen atoms in total. The summed E-state index contributed by atoms with van der Waals surface area (Å²) in [6.45, 7) is 4.14. The van der Waals surface area contributed by atoms with Crippen molar-refractivity contribution in [2.75, 3.05) is 0 Å². The van der Waals surface area contributed by atoms with Crippen molar-refractivity contribution in [3.8, 4) is 0 Å². The minimum absolute atomic E-state index is 0.204. The Balaban J connectivity index is 2.22. The van der Waals surface area contributed by atoms with E-state index in [9.17, 15) is 9.59 Å². The first-order valence-electron chi connectivity index (χ1n) is 8.27. The molecule has 0 bridgehead atoms. The molecule has 1 aromatic carbocycles. The van der Waals surface area contributed by atoms with Gasteiger partial charge in [0.05, 0.1) is 5.39 Å². The third kappa shape index (κ3) is 3.31. The Morgan fingerprint density at radius 1 is 1.19 bits per heavy atom. The summed E-state index contributed by atoms with van der Waals surface area (Å²) in [5.74, 6) is 0.876. The standard InChI is InChI=1S/C19H20ClN3O2S/c1-11(2)14-9-21-17-15(18(24)23(4)19(25)22(17)3)16(14)26-10-12-6-5-7-13(20)8-12/h5-9,11H,10H2,1-4H3. The molecule has 0 N–H and O–H groups in total. The van der Waals surface area contributed by atoms with E-state index in [0.717, 1.165) is 20.6 Å². The Morgan fingerprint density at radius 2 is 1.92 bits per heavy atom. The summed E-state index contributed by atoms with van der Waals surface area (Å²) in [7, 11) is 3.13. The molecule has 26 heavy (non-hydrogen) atoms. The molecule has 136 valence electrons. The second-order valence-corrected chi connectivity index (χ2v) is 7.94. The molecule has 2 aromatic heterocycles. The van der Waals surface area contributed by atoms with E-state index < -0.39 is 0 Å². The van der Waals surface area contributed by atoms with Crippen LogP contribution in [0.4, 0.5) is 0 Å². The number of halogens is 1. The van der Waals surface area contributed by atoms with E-state index in [1.807, 2.05) is 24.3 Å². The summed E-state index contributed by atoms with van der Waals surface area (Å²) < 4.78 is 2.56. The molecule has 0 aliphatic carbocycles. The maximum absolute atomic E-state index is 12.8. The van der Waals surface area contributed by atoms with Crippen molar-refractivity contribution in [3.63, 3.8) is 0 Å². The van der Waals surface area contributed by atoms with Crippen molar-refractivity contribution in [2.24, 2.45) is 14.1 Å². The van der Waals surface area contributed by atoms with E-state index >= 15 is 0 Å². The molecule has 0 radical (unpaired) electrons. The molecule has 0 saturated carbocycles. The molecule has 0 amide bonds. The maximum Gasteiger partial charge on any atom is 0.332 e. The number of rotatable bonds is 4. The highest BCUT2D eigenvalue weighted by molar-refractivity contribution is 7.98. The predicted octanol–water partition coefficient (Wildman–Crippen LogP) is 3.70. The molecular weight excluding hydrogens is 370 g/mol. The lowest BCUT2D eigenvalue weighted by Crippen LogP contribution is -2.37. The van der Waals surface area contributed by atoms with Crippen LogP contribution in [0.1, 0.15) is 30.9 Å². The molecule has 0 fully saturated rings. The van der Waals surface area contributed by atoms with Crippen LogP contribution in [0.5, 0.6) is 0 Å². The number of pyridine rings is 1. The van der Waals surface area contributed by atoms with Gasteiger partial charge in [0, 0.05) is 36.0 Å². The first kappa shape index (κ1) is 18.7. The van der Waals surface area contributed by atoms with Crippen LogP contribution in [0.2, 0.25) is 5.02 Å². The zero-order valence-electron chi connectivity index (χ0n) is 15.1. The van der Waals surface area contributed by atoms with Gasteiger partial charge in [-0.15, -0.1) is 11.8 Å². The molecule has 0 atom stereocenters. The maximum atomic E-state index is 12.8. The smallest absolute Gasteiger partial charge is 0.280 e. The topological polar surface area (TPSA) is 56.9 Å². The van der Waals surface area contributed by atoms with Crippen LogP contribution in [0.15, 0.2) is 44.9 Å². The normalized spacial score (nSPS) is 11.5. The van der Waals surface area contributed by atoms with Crippen LogP contribution >= 0.6 is 23.4 Å². The number of aromatic nitrogens is 3. The monoisotopic (exact) mass is 389 g/mol. The fourth-order valence-electron chi connectivity index (χ4n) is 2.87. The second-order valence-electron chi connectivity index (χ2n) is 6.52. The van der Waals surface area contributed by atoms with Crippen LogP contribution in [0.3, 0.4) is 0 Å². The average Bonchev–Trinajstić information content (AvgIpc) is 2.62. The van der Waals surface area contributed by atoms with Gasteiger partial charge in [-0.05, 0) is 29.2 Å².